The highest BCUT2D eigenvalue weighted by atomic mass is 16.5. The van der Waals surface area contributed by atoms with Gasteiger partial charge in [0.1, 0.15) is 17.2 Å². The summed E-state index contributed by atoms with van der Waals surface area (Å²) >= 11 is 0. The van der Waals surface area contributed by atoms with E-state index in [0.29, 0.717) is 5.75 Å². The van der Waals surface area contributed by atoms with Crippen LogP contribution in [0.15, 0.2) is 115 Å². The molecular weight excluding hydrogens is 344 g/mol. The van der Waals surface area contributed by atoms with Crippen LogP contribution in [0.1, 0.15) is 0 Å². The van der Waals surface area contributed by atoms with Crippen LogP contribution in [0.2, 0.25) is 0 Å². The van der Waals surface area contributed by atoms with E-state index in [1.54, 1.807) is 24.3 Å². The van der Waals surface area contributed by atoms with E-state index in [0.717, 1.165) is 22.3 Å². The molecule has 28 heavy (non-hydrogen) atoms. The van der Waals surface area contributed by atoms with Crippen LogP contribution in [0, 0.1) is 0 Å². The van der Waals surface area contributed by atoms with Crippen LogP contribution in [0.5, 0.6) is 17.2 Å². The van der Waals surface area contributed by atoms with E-state index in [4.69, 9.17) is 9.84 Å². The average molecular weight is 364 g/mol. The Hall–Kier alpha value is -3.78. The quantitative estimate of drug-likeness (QED) is 0.359. The van der Waals surface area contributed by atoms with Gasteiger partial charge in [-0.05, 0) is 35.0 Å². The molecule has 0 fully saturated rings. The number of phenolic OH excluding ortho intramolecular Hbond substituents is 1. The Kier molecular flexibility index (Phi) is 5.21. The molecule has 0 aromatic heterocycles. The predicted octanol–water partition coefficient (Wildman–Crippen LogP) is 7.18. The van der Waals surface area contributed by atoms with Crippen LogP contribution in [0.25, 0.3) is 21.5 Å². The largest absolute Gasteiger partial charge is 0.508 e. The van der Waals surface area contributed by atoms with E-state index in [2.05, 4.69) is 36.4 Å². The number of benzene rings is 5. The normalized spacial score (nSPS) is 10.3. The fourth-order valence-electron chi connectivity index (χ4n) is 3.12. The molecule has 0 spiro atoms. The zero-order valence-electron chi connectivity index (χ0n) is 15.3. The first-order valence-corrected chi connectivity index (χ1v) is 9.19. The van der Waals surface area contributed by atoms with Crippen LogP contribution in [-0.4, -0.2) is 5.11 Å². The van der Waals surface area contributed by atoms with E-state index in [1.807, 2.05) is 54.6 Å². The minimum atomic E-state index is 0.322. The predicted molar refractivity (Wildman–Crippen MR) is 116 cm³/mol. The van der Waals surface area contributed by atoms with E-state index in [-0.39, 0.29) is 0 Å². The molecule has 0 aliphatic rings. The minimum Gasteiger partial charge on any atom is -0.508 e. The third-order valence-electron chi connectivity index (χ3n) is 4.48. The second-order valence-corrected chi connectivity index (χ2v) is 6.39. The molecule has 0 unspecified atom stereocenters. The zero-order chi connectivity index (χ0) is 19.2. The molecule has 0 amide bonds. The van der Waals surface area contributed by atoms with Gasteiger partial charge in [0.25, 0.3) is 0 Å². The molecule has 0 saturated carbocycles. The van der Waals surface area contributed by atoms with E-state index in [9.17, 15) is 0 Å². The summed E-state index contributed by atoms with van der Waals surface area (Å²) in [6, 6.07) is 37.6. The van der Waals surface area contributed by atoms with Gasteiger partial charge in [-0.3, -0.25) is 0 Å². The number of rotatable bonds is 2. The molecule has 2 nitrogen and oxygen atoms in total. The van der Waals surface area contributed by atoms with E-state index >= 15 is 0 Å². The topological polar surface area (TPSA) is 29.5 Å². The first-order valence-electron chi connectivity index (χ1n) is 9.19. The molecule has 0 aliphatic carbocycles. The molecule has 0 radical (unpaired) electrons. The lowest BCUT2D eigenvalue weighted by molar-refractivity contribution is 0.475. The standard InChI is InChI=1S/C20H14O.C6H6O/c1-3-11-17-15(7-1)9-5-13-19(17)21-20-14-6-10-16-8-2-4-12-18(16)20;7-6-4-2-1-3-5-6/h1-14H;1-5,7H. The number of para-hydroxylation sites is 1. The third kappa shape index (κ3) is 3.97. The average Bonchev–Trinajstić information content (AvgIpc) is 2.75. The zero-order valence-corrected chi connectivity index (χ0v) is 15.3. The maximum atomic E-state index is 8.63. The van der Waals surface area contributed by atoms with Crippen molar-refractivity contribution in [2.75, 3.05) is 0 Å². The van der Waals surface area contributed by atoms with Gasteiger partial charge in [0, 0.05) is 10.8 Å². The van der Waals surface area contributed by atoms with Crippen molar-refractivity contribution in [3.05, 3.63) is 115 Å². The van der Waals surface area contributed by atoms with Crippen molar-refractivity contribution in [3.8, 4) is 17.2 Å². The Morgan fingerprint density at radius 1 is 0.429 bits per heavy atom. The van der Waals surface area contributed by atoms with Gasteiger partial charge >= 0.3 is 0 Å². The van der Waals surface area contributed by atoms with Gasteiger partial charge in [-0.15, -0.1) is 0 Å². The van der Waals surface area contributed by atoms with Gasteiger partial charge in [0.05, 0.1) is 0 Å². The Bertz CT molecular complexity index is 1110. The molecule has 136 valence electrons. The first-order chi connectivity index (χ1) is 13.8. The van der Waals surface area contributed by atoms with Crippen molar-refractivity contribution >= 4 is 21.5 Å². The number of aromatic hydroxyl groups is 1. The molecule has 0 saturated heterocycles. The Balaban J connectivity index is 0.000000233. The summed E-state index contributed by atoms with van der Waals surface area (Å²) in [4.78, 5) is 0. The smallest absolute Gasteiger partial charge is 0.135 e. The summed E-state index contributed by atoms with van der Waals surface area (Å²) < 4.78 is 6.20. The summed E-state index contributed by atoms with van der Waals surface area (Å²) in [5.41, 5.74) is 0. The van der Waals surface area contributed by atoms with Gasteiger partial charge in [-0.2, -0.15) is 0 Å². The highest BCUT2D eigenvalue weighted by Gasteiger charge is 2.05. The highest BCUT2D eigenvalue weighted by molar-refractivity contribution is 5.91. The summed E-state index contributed by atoms with van der Waals surface area (Å²) in [6.45, 7) is 0. The van der Waals surface area contributed by atoms with E-state index in [1.165, 1.54) is 10.8 Å². The fraction of sp³-hybridized carbons (Fsp3) is 0. The van der Waals surface area contributed by atoms with Crippen molar-refractivity contribution in [2.24, 2.45) is 0 Å². The second-order valence-electron chi connectivity index (χ2n) is 6.39. The summed E-state index contributed by atoms with van der Waals surface area (Å²) in [5, 5.41) is 13.3. The van der Waals surface area contributed by atoms with Crippen LogP contribution in [0.4, 0.5) is 0 Å². The van der Waals surface area contributed by atoms with Crippen molar-refractivity contribution in [1.29, 1.82) is 0 Å². The molecular formula is C26H20O2. The summed E-state index contributed by atoms with van der Waals surface area (Å²) in [6.07, 6.45) is 0. The van der Waals surface area contributed by atoms with Gasteiger partial charge < -0.3 is 9.84 Å². The molecule has 1 N–H and O–H groups in total. The van der Waals surface area contributed by atoms with Gasteiger partial charge in [-0.1, -0.05) is 91.0 Å². The minimum absolute atomic E-state index is 0.322. The lowest BCUT2D eigenvalue weighted by Crippen LogP contribution is -1.87. The van der Waals surface area contributed by atoms with Crippen LogP contribution in [-0.2, 0) is 0 Å². The molecule has 2 heteroatoms. The van der Waals surface area contributed by atoms with Crippen molar-refractivity contribution in [2.45, 2.75) is 0 Å². The molecule has 0 atom stereocenters. The number of phenols is 1. The Morgan fingerprint density at radius 3 is 1.32 bits per heavy atom. The maximum absolute atomic E-state index is 8.63. The molecule has 0 aliphatic heterocycles. The van der Waals surface area contributed by atoms with Crippen LogP contribution in [0.3, 0.4) is 0 Å². The second kappa shape index (κ2) is 8.28. The third-order valence-corrected chi connectivity index (χ3v) is 4.48. The fourth-order valence-corrected chi connectivity index (χ4v) is 3.12. The highest BCUT2D eigenvalue weighted by Crippen LogP contribution is 2.33. The number of hydrogen-bond donors (Lipinski definition) is 1. The van der Waals surface area contributed by atoms with Crippen molar-refractivity contribution < 1.29 is 9.84 Å². The molecule has 5 aromatic rings. The maximum Gasteiger partial charge on any atom is 0.135 e. The van der Waals surface area contributed by atoms with Gasteiger partial charge in [0.2, 0.25) is 0 Å². The van der Waals surface area contributed by atoms with Gasteiger partial charge in [-0.25, -0.2) is 0 Å². The molecule has 5 rings (SSSR count). The number of fused-ring (bicyclic) bond motifs is 2. The molecule has 5 aromatic carbocycles. The monoisotopic (exact) mass is 364 g/mol. The number of ether oxygens (including phenoxy) is 1. The molecule has 0 heterocycles. The lowest BCUT2D eigenvalue weighted by atomic mass is 10.1. The molecule has 0 bridgehead atoms. The SMILES string of the molecule is Oc1ccccc1.c1ccc2c(Oc3cccc4ccccc34)cccc2c1. The van der Waals surface area contributed by atoms with Crippen molar-refractivity contribution in [1.82, 2.24) is 0 Å². The van der Waals surface area contributed by atoms with Crippen LogP contribution >= 0.6 is 0 Å². The van der Waals surface area contributed by atoms with E-state index < -0.39 is 0 Å². The summed E-state index contributed by atoms with van der Waals surface area (Å²) in [5.74, 6) is 2.11. The lowest BCUT2D eigenvalue weighted by Gasteiger charge is -2.11. The number of hydrogen-bond acceptors (Lipinski definition) is 2. The Morgan fingerprint density at radius 2 is 0.857 bits per heavy atom. The first kappa shape index (κ1) is 17.6. The summed E-state index contributed by atoms with van der Waals surface area (Å²) in [7, 11) is 0. The van der Waals surface area contributed by atoms with Crippen LogP contribution < -0.4 is 4.74 Å². The van der Waals surface area contributed by atoms with Gasteiger partial charge in [0.15, 0.2) is 0 Å². The Labute approximate surface area is 164 Å². The van der Waals surface area contributed by atoms with Crippen molar-refractivity contribution in [3.63, 3.8) is 0 Å².